The molecule has 1 unspecified atom stereocenters. The van der Waals surface area contributed by atoms with Gasteiger partial charge in [-0.3, -0.25) is 0 Å². The van der Waals surface area contributed by atoms with E-state index in [4.69, 9.17) is 17.3 Å². The lowest BCUT2D eigenvalue weighted by Gasteiger charge is -2.26. The van der Waals surface area contributed by atoms with Gasteiger partial charge >= 0.3 is 0 Å². The summed E-state index contributed by atoms with van der Waals surface area (Å²) in [5.41, 5.74) is 5.70. The van der Waals surface area contributed by atoms with Gasteiger partial charge in [0.05, 0.1) is 5.02 Å². The molecule has 0 saturated heterocycles. The average molecular weight is 404 g/mol. The van der Waals surface area contributed by atoms with E-state index in [1.165, 1.54) is 10.4 Å². The van der Waals surface area contributed by atoms with Crippen LogP contribution in [-0.4, -0.2) is 32.4 Å². The number of likely N-dealkylation sites (N-methyl/N-ethyl adjacent to an activating group) is 1. The smallest absolute Gasteiger partial charge is 0.244 e. The van der Waals surface area contributed by atoms with Gasteiger partial charge in [-0.2, -0.15) is 4.31 Å². The molecule has 0 spiro atoms. The Morgan fingerprint density at radius 2 is 2.10 bits per heavy atom. The minimum absolute atomic E-state index is 0. The van der Waals surface area contributed by atoms with E-state index in [2.05, 4.69) is 15.9 Å². The Hall–Kier alpha value is 0.150. The van der Waals surface area contributed by atoms with E-state index in [0.29, 0.717) is 12.5 Å². The first-order valence-corrected chi connectivity index (χ1v) is 8.62. The lowest BCUT2D eigenvalue weighted by atomic mass is 10.2. The van der Waals surface area contributed by atoms with E-state index in [9.17, 15) is 8.42 Å². The molecule has 2 rings (SSSR count). The SMILES string of the molecule is CN(C(CN)C1CC1)S(=O)(=O)c1ccc(Br)cc1Cl.Cl. The normalized spacial score (nSPS) is 16.9. The quantitative estimate of drug-likeness (QED) is 0.821. The van der Waals surface area contributed by atoms with Gasteiger partial charge in [0.1, 0.15) is 4.90 Å². The van der Waals surface area contributed by atoms with Crippen molar-refractivity contribution in [2.45, 2.75) is 23.8 Å². The molecule has 0 aromatic heterocycles. The molecule has 1 fully saturated rings. The predicted molar refractivity (Wildman–Crippen MR) is 86.9 cm³/mol. The maximum atomic E-state index is 12.6. The van der Waals surface area contributed by atoms with Crippen molar-refractivity contribution < 1.29 is 8.42 Å². The molecule has 1 aromatic carbocycles. The molecule has 20 heavy (non-hydrogen) atoms. The Bertz CT molecular complexity index is 579. The number of hydrogen-bond donors (Lipinski definition) is 1. The summed E-state index contributed by atoms with van der Waals surface area (Å²) in [5.74, 6) is 0.374. The second-order valence-corrected chi connectivity index (χ2v) is 8.03. The Kier molecular flexibility index (Phi) is 6.32. The zero-order chi connectivity index (χ0) is 14.2. The molecular weight excluding hydrogens is 387 g/mol. The third-order valence-corrected chi connectivity index (χ3v) is 6.28. The highest BCUT2D eigenvalue weighted by Crippen LogP contribution is 2.37. The molecular formula is C12H17BrCl2N2O2S. The number of sulfonamides is 1. The fourth-order valence-corrected chi connectivity index (χ4v) is 4.57. The summed E-state index contributed by atoms with van der Waals surface area (Å²) in [6, 6.07) is 4.61. The van der Waals surface area contributed by atoms with E-state index >= 15 is 0 Å². The molecule has 8 heteroatoms. The molecule has 0 radical (unpaired) electrons. The number of hydrogen-bond acceptors (Lipinski definition) is 3. The molecule has 1 aliphatic rings. The maximum Gasteiger partial charge on any atom is 0.244 e. The van der Waals surface area contributed by atoms with Crippen molar-refractivity contribution in [1.82, 2.24) is 4.31 Å². The molecule has 1 atom stereocenters. The number of benzene rings is 1. The van der Waals surface area contributed by atoms with Gasteiger partial charge in [0, 0.05) is 24.1 Å². The van der Waals surface area contributed by atoms with Crippen LogP contribution in [0.1, 0.15) is 12.8 Å². The molecule has 1 saturated carbocycles. The lowest BCUT2D eigenvalue weighted by Crippen LogP contribution is -2.43. The van der Waals surface area contributed by atoms with Crippen molar-refractivity contribution in [2.24, 2.45) is 11.7 Å². The molecule has 0 bridgehead atoms. The summed E-state index contributed by atoms with van der Waals surface area (Å²) in [7, 11) is -2.03. The molecule has 0 heterocycles. The number of nitrogens with two attached hydrogens (primary N) is 1. The van der Waals surface area contributed by atoms with Gasteiger partial charge in [-0.15, -0.1) is 12.4 Å². The molecule has 1 aliphatic carbocycles. The summed E-state index contributed by atoms with van der Waals surface area (Å²) in [5, 5.41) is 0.216. The molecule has 0 aliphatic heterocycles. The van der Waals surface area contributed by atoms with Crippen LogP contribution in [0.4, 0.5) is 0 Å². The van der Waals surface area contributed by atoms with Crippen LogP contribution in [0, 0.1) is 5.92 Å². The Morgan fingerprint density at radius 1 is 1.50 bits per heavy atom. The standard InChI is InChI=1S/C12H16BrClN2O2S.ClH/c1-16(11(7-15)8-2-3-8)19(17,18)12-5-4-9(13)6-10(12)14;/h4-6,8,11H,2-3,7,15H2,1H3;1H. The van der Waals surface area contributed by atoms with Crippen LogP contribution in [0.3, 0.4) is 0 Å². The van der Waals surface area contributed by atoms with Crippen LogP contribution < -0.4 is 5.73 Å². The highest BCUT2D eigenvalue weighted by atomic mass is 79.9. The van der Waals surface area contributed by atoms with Gasteiger partial charge in [0.25, 0.3) is 0 Å². The van der Waals surface area contributed by atoms with Crippen molar-refractivity contribution in [3.05, 3.63) is 27.7 Å². The summed E-state index contributed by atoms with van der Waals surface area (Å²) in [6.07, 6.45) is 2.07. The first-order chi connectivity index (χ1) is 8.87. The summed E-state index contributed by atoms with van der Waals surface area (Å²) >= 11 is 9.30. The van der Waals surface area contributed by atoms with Crippen molar-refractivity contribution in [3.8, 4) is 0 Å². The maximum absolute atomic E-state index is 12.6. The van der Waals surface area contributed by atoms with Gasteiger partial charge in [-0.05, 0) is 37.0 Å². The zero-order valence-corrected chi connectivity index (χ0v) is 14.9. The number of rotatable bonds is 5. The summed E-state index contributed by atoms with van der Waals surface area (Å²) < 4.78 is 27.2. The fourth-order valence-electron chi connectivity index (χ4n) is 2.14. The minimum Gasteiger partial charge on any atom is -0.329 e. The summed E-state index contributed by atoms with van der Waals surface area (Å²) in [6.45, 7) is 0.328. The van der Waals surface area contributed by atoms with Gasteiger partial charge in [0.2, 0.25) is 10.0 Å². The Morgan fingerprint density at radius 3 is 2.55 bits per heavy atom. The van der Waals surface area contributed by atoms with Gasteiger partial charge in [-0.25, -0.2) is 8.42 Å². The highest BCUT2D eigenvalue weighted by molar-refractivity contribution is 9.10. The molecule has 114 valence electrons. The first-order valence-electron chi connectivity index (χ1n) is 6.01. The van der Waals surface area contributed by atoms with Gasteiger partial charge in [-0.1, -0.05) is 27.5 Å². The predicted octanol–water partition coefficient (Wildman–Crippen LogP) is 2.88. The summed E-state index contributed by atoms with van der Waals surface area (Å²) in [4.78, 5) is 0.124. The minimum atomic E-state index is -3.60. The average Bonchev–Trinajstić information content (AvgIpc) is 3.13. The van der Waals surface area contributed by atoms with E-state index < -0.39 is 10.0 Å². The van der Waals surface area contributed by atoms with Crippen molar-refractivity contribution in [1.29, 1.82) is 0 Å². The molecule has 0 amide bonds. The number of halogens is 3. The van der Waals surface area contributed by atoms with Crippen molar-refractivity contribution >= 4 is 50.0 Å². The second-order valence-electron chi connectivity index (χ2n) is 4.74. The fraction of sp³-hybridized carbons (Fsp3) is 0.500. The lowest BCUT2D eigenvalue weighted by molar-refractivity contribution is 0.340. The van der Waals surface area contributed by atoms with Crippen LogP contribution in [0.5, 0.6) is 0 Å². The molecule has 1 aromatic rings. The van der Waals surface area contributed by atoms with E-state index in [1.807, 2.05) is 0 Å². The van der Waals surface area contributed by atoms with Crippen molar-refractivity contribution in [3.63, 3.8) is 0 Å². The van der Waals surface area contributed by atoms with Crippen LogP contribution in [0.25, 0.3) is 0 Å². The van der Waals surface area contributed by atoms with Crippen LogP contribution in [0.15, 0.2) is 27.6 Å². The highest BCUT2D eigenvalue weighted by Gasteiger charge is 2.38. The van der Waals surface area contributed by atoms with Crippen LogP contribution in [-0.2, 0) is 10.0 Å². The van der Waals surface area contributed by atoms with E-state index in [1.54, 1.807) is 19.2 Å². The monoisotopic (exact) mass is 402 g/mol. The Labute approximate surface area is 139 Å². The molecule has 4 nitrogen and oxygen atoms in total. The molecule has 2 N–H and O–H groups in total. The van der Waals surface area contributed by atoms with E-state index in [0.717, 1.165) is 17.3 Å². The van der Waals surface area contributed by atoms with Crippen LogP contribution >= 0.6 is 39.9 Å². The van der Waals surface area contributed by atoms with Crippen LogP contribution in [0.2, 0.25) is 5.02 Å². The zero-order valence-electron chi connectivity index (χ0n) is 10.9. The van der Waals surface area contributed by atoms with Gasteiger partial charge < -0.3 is 5.73 Å². The third kappa shape index (κ3) is 3.67. The van der Waals surface area contributed by atoms with E-state index in [-0.39, 0.29) is 28.4 Å². The van der Waals surface area contributed by atoms with Crippen molar-refractivity contribution in [2.75, 3.05) is 13.6 Å². The topological polar surface area (TPSA) is 63.4 Å². The second kappa shape index (κ2) is 6.94. The number of nitrogens with zero attached hydrogens (tertiary/aromatic N) is 1. The largest absolute Gasteiger partial charge is 0.329 e. The van der Waals surface area contributed by atoms with Gasteiger partial charge in [0.15, 0.2) is 0 Å². The first kappa shape index (κ1) is 18.2. The Balaban J connectivity index is 0.00000200. The third-order valence-electron chi connectivity index (χ3n) is 3.43.